The van der Waals surface area contributed by atoms with E-state index in [2.05, 4.69) is 15.4 Å². The SMILES string of the molecule is CCOC(=O)C1CCN(C(=O)CC(C)Nc2cnn(Cc3cn4ccccc4n3)c2)CC1. The number of nitrogens with one attached hydrogen (secondary N) is 1. The minimum absolute atomic E-state index is 0.0295. The number of esters is 1. The lowest BCUT2D eigenvalue weighted by atomic mass is 9.96. The van der Waals surface area contributed by atoms with Crippen LogP contribution in [0.2, 0.25) is 0 Å². The first kappa shape index (κ1) is 21.9. The molecule has 3 aromatic heterocycles. The van der Waals surface area contributed by atoms with Crippen molar-refractivity contribution in [2.45, 2.75) is 45.7 Å². The number of nitrogens with zero attached hydrogens (tertiary/aromatic N) is 5. The predicted molar refractivity (Wildman–Crippen MR) is 120 cm³/mol. The maximum Gasteiger partial charge on any atom is 0.309 e. The third-order valence-corrected chi connectivity index (χ3v) is 5.73. The van der Waals surface area contributed by atoms with E-state index in [-0.39, 0.29) is 23.8 Å². The van der Waals surface area contributed by atoms with Crippen LogP contribution in [0.5, 0.6) is 0 Å². The van der Waals surface area contributed by atoms with Crippen molar-refractivity contribution in [1.29, 1.82) is 0 Å². The minimum Gasteiger partial charge on any atom is -0.466 e. The van der Waals surface area contributed by atoms with Crippen molar-refractivity contribution >= 4 is 23.2 Å². The summed E-state index contributed by atoms with van der Waals surface area (Å²) in [6.07, 6.45) is 9.39. The first-order valence-corrected chi connectivity index (χ1v) is 11.2. The van der Waals surface area contributed by atoms with Gasteiger partial charge < -0.3 is 19.4 Å². The molecule has 0 spiro atoms. The quantitative estimate of drug-likeness (QED) is 0.544. The largest absolute Gasteiger partial charge is 0.466 e. The maximum atomic E-state index is 12.7. The van der Waals surface area contributed by atoms with Crippen LogP contribution >= 0.6 is 0 Å². The number of fused-ring (bicyclic) bond motifs is 1. The van der Waals surface area contributed by atoms with Crippen LogP contribution in [0.3, 0.4) is 0 Å². The topological polar surface area (TPSA) is 93.8 Å². The number of piperidine rings is 1. The molecule has 1 N–H and O–H groups in total. The molecular formula is C23H30N6O3. The molecule has 0 bridgehead atoms. The molecule has 1 aliphatic heterocycles. The minimum atomic E-state index is -0.143. The van der Waals surface area contributed by atoms with Crippen molar-refractivity contribution in [3.8, 4) is 0 Å². The van der Waals surface area contributed by atoms with Crippen molar-refractivity contribution in [2.75, 3.05) is 25.0 Å². The van der Waals surface area contributed by atoms with Crippen LogP contribution in [0.25, 0.3) is 5.65 Å². The predicted octanol–water partition coefficient (Wildman–Crippen LogP) is 2.57. The fraction of sp³-hybridized carbons (Fsp3) is 0.478. The third kappa shape index (κ3) is 5.27. The second kappa shape index (κ2) is 9.84. The molecule has 4 heterocycles. The molecular weight excluding hydrogens is 408 g/mol. The summed E-state index contributed by atoms with van der Waals surface area (Å²) in [5, 5.41) is 7.77. The average Bonchev–Trinajstić information content (AvgIpc) is 3.40. The number of pyridine rings is 1. The summed E-state index contributed by atoms with van der Waals surface area (Å²) in [6.45, 7) is 5.98. The first-order valence-electron chi connectivity index (χ1n) is 11.2. The van der Waals surface area contributed by atoms with Gasteiger partial charge in [-0.1, -0.05) is 6.07 Å². The highest BCUT2D eigenvalue weighted by molar-refractivity contribution is 5.78. The lowest BCUT2D eigenvalue weighted by Gasteiger charge is -2.31. The molecule has 32 heavy (non-hydrogen) atoms. The second-order valence-corrected chi connectivity index (χ2v) is 8.28. The van der Waals surface area contributed by atoms with E-state index >= 15 is 0 Å². The van der Waals surface area contributed by atoms with E-state index in [1.807, 2.05) is 64.6 Å². The Hall–Kier alpha value is -3.36. The summed E-state index contributed by atoms with van der Waals surface area (Å²) >= 11 is 0. The molecule has 1 aliphatic rings. The summed E-state index contributed by atoms with van der Waals surface area (Å²) in [4.78, 5) is 31.0. The van der Waals surface area contributed by atoms with Gasteiger partial charge in [0.1, 0.15) is 5.65 Å². The molecule has 0 aliphatic carbocycles. The Balaban J connectivity index is 1.25. The number of carbonyl (C=O) groups excluding carboxylic acids is 2. The van der Waals surface area contributed by atoms with Gasteiger partial charge in [-0.3, -0.25) is 14.3 Å². The summed E-state index contributed by atoms with van der Waals surface area (Å²) in [5.74, 6) is -0.131. The summed E-state index contributed by atoms with van der Waals surface area (Å²) in [7, 11) is 0. The standard InChI is InChI=1S/C23H30N6O3/c1-3-32-23(31)18-7-10-27(11-8-18)22(30)12-17(2)25-19-13-24-29(15-19)16-20-14-28-9-5-4-6-21(28)26-20/h4-6,9,13-15,17-18,25H,3,7-8,10-12,16H2,1-2H3. The Labute approximate surface area is 187 Å². The number of aromatic nitrogens is 4. The number of imidazole rings is 1. The smallest absolute Gasteiger partial charge is 0.309 e. The van der Waals surface area contributed by atoms with Gasteiger partial charge in [0, 0.05) is 44.1 Å². The van der Waals surface area contributed by atoms with Crippen LogP contribution in [0.1, 0.15) is 38.8 Å². The highest BCUT2D eigenvalue weighted by atomic mass is 16.5. The number of likely N-dealkylation sites (tertiary alicyclic amines) is 1. The van der Waals surface area contributed by atoms with Gasteiger partial charge in [-0.2, -0.15) is 5.10 Å². The van der Waals surface area contributed by atoms with Crippen molar-refractivity contribution in [3.05, 3.63) is 48.7 Å². The molecule has 9 heteroatoms. The Morgan fingerprint density at radius 2 is 2.06 bits per heavy atom. The van der Waals surface area contributed by atoms with E-state index in [1.54, 1.807) is 6.20 Å². The number of hydrogen-bond acceptors (Lipinski definition) is 6. The van der Waals surface area contributed by atoms with Crippen LogP contribution in [0, 0.1) is 5.92 Å². The zero-order valence-corrected chi connectivity index (χ0v) is 18.6. The Kier molecular flexibility index (Phi) is 6.72. The van der Waals surface area contributed by atoms with E-state index in [1.165, 1.54) is 0 Å². The van der Waals surface area contributed by atoms with Crippen molar-refractivity contribution in [2.24, 2.45) is 5.92 Å². The van der Waals surface area contributed by atoms with Gasteiger partial charge in [0.2, 0.25) is 5.91 Å². The Bertz CT molecular complexity index is 1030. The molecule has 0 saturated carbocycles. The number of amides is 1. The molecule has 0 radical (unpaired) electrons. The van der Waals surface area contributed by atoms with Crippen molar-refractivity contribution in [1.82, 2.24) is 24.1 Å². The summed E-state index contributed by atoms with van der Waals surface area (Å²) in [5.41, 5.74) is 2.71. The van der Waals surface area contributed by atoms with E-state index in [0.29, 0.717) is 45.5 Å². The van der Waals surface area contributed by atoms with Gasteiger partial charge in [0.05, 0.1) is 36.6 Å². The third-order valence-electron chi connectivity index (χ3n) is 5.73. The van der Waals surface area contributed by atoms with Crippen LogP contribution in [-0.2, 0) is 20.9 Å². The van der Waals surface area contributed by atoms with Gasteiger partial charge >= 0.3 is 5.97 Å². The maximum absolute atomic E-state index is 12.7. The van der Waals surface area contributed by atoms with E-state index in [9.17, 15) is 9.59 Å². The Morgan fingerprint density at radius 1 is 1.25 bits per heavy atom. The number of hydrogen-bond donors (Lipinski definition) is 1. The van der Waals surface area contributed by atoms with E-state index in [4.69, 9.17) is 4.74 Å². The average molecular weight is 439 g/mol. The highest BCUT2D eigenvalue weighted by Crippen LogP contribution is 2.20. The zero-order valence-electron chi connectivity index (χ0n) is 18.6. The van der Waals surface area contributed by atoms with Gasteiger partial charge in [-0.25, -0.2) is 4.98 Å². The number of carbonyl (C=O) groups is 2. The number of ether oxygens (including phenoxy) is 1. The molecule has 3 aromatic rings. The molecule has 1 saturated heterocycles. The molecule has 1 unspecified atom stereocenters. The van der Waals surface area contributed by atoms with Crippen molar-refractivity contribution < 1.29 is 14.3 Å². The van der Waals surface area contributed by atoms with Crippen LogP contribution < -0.4 is 5.32 Å². The highest BCUT2D eigenvalue weighted by Gasteiger charge is 2.28. The monoisotopic (exact) mass is 438 g/mol. The lowest BCUT2D eigenvalue weighted by molar-refractivity contribution is -0.151. The second-order valence-electron chi connectivity index (χ2n) is 8.28. The molecule has 1 atom stereocenters. The van der Waals surface area contributed by atoms with Gasteiger partial charge in [-0.05, 0) is 38.8 Å². The molecule has 1 fully saturated rings. The van der Waals surface area contributed by atoms with Gasteiger partial charge in [0.25, 0.3) is 0 Å². The number of anilines is 1. The zero-order chi connectivity index (χ0) is 22.5. The van der Waals surface area contributed by atoms with Crippen molar-refractivity contribution in [3.63, 3.8) is 0 Å². The van der Waals surface area contributed by atoms with Gasteiger partial charge in [0.15, 0.2) is 0 Å². The summed E-state index contributed by atoms with van der Waals surface area (Å²) < 4.78 is 8.92. The summed E-state index contributed by atoms with van der Waals surface area (Å²) in [6, 6.07) is 5.88. The molecule has 1 amide bonds. The molecule has 4 rings (SSSR count). The Morgan fingerprint density at radius 3 is 2.81 bits per heavy atom. The molecule has 9 nitrogen and oxygen atoms in total. The van der Waals surface area contributed by atoms with Crippen LogP contribution in [-0.4, -0.2) is 61.7 Å². The van der Waals surface area contributed by atoms with E-state index in [0.717, 1.165) is 17.0 Å². The molecule has 0 aromatic carbocycles. The fourth-order valence-corrected chi connectivity index (χ4v) is 4.11. The van der Waals surface area contributed by atoms with Gasteiger partial charge in [-0.15, -0.1) is 0 Å². The van der Waals surface area contributed by atoms with Crippen LogP contribution in [0.15, 0.2) is 43.0 Å². The van der Waals surface area contributed by atoms with E-state index < -0.39 is 0 Å². The lowest BCUT2D eigenvalue weighted by Crippen LogP contribution is -2.42. The first-order chi connectivity index (χ1) is 15.5. The normalized spacial score (nSPS) is 15.6. The van der Waals surface area contributed by atoms with Crippen LogP contribution in [0.4, 0.5) is 5.69 Å². The molecule has 170 valence electrons. The fourth-order valence-electron chi connectivity index (χ4n) is 4.11. The number of rotatable bonds is 8.